The van der Waals surface area contributed by atoms with Gasteiger partial charge in [0.25, 0.3) is 0 Å². The van der Waals surface area contributed by atoms with Crippen LogP contribution < -0.4 is 4.74 Å². The maximum absolute atomic E-state index is 5.84. The van der Waals surface area contributed by atoms with Crippen molar-refractivity contribution in [2.24, 2.45) is 0 Å². The minimum absolute atomic E-state index is 0.561. The molecule has 1 N–H and O–H groups in total. The number of H-pyrrole nitrogens is 1. The number of rotatable bonds is 6. The van der Waals surface area contributed by atoms with Crippen molar-refractivity contribution in [3.63, 3.8) is 0 Å². The van der Waals surface area contributed by atoms with Crippen LogP contribution in [-0.2, 0) is 5.75 Å². The molecule has 3 heterocycles. The molecule has 0 amide bonds. The van der Waals surface area contributed by atoms with Gasteiger partial charge in [-0.25, -0.2) is 4.98 Å². The Labute approximate surface area is 193 Å². The lowest BCUT2D eigenvalue weighted by Crippen LogP contribution is -2.04. The zero-order valence-corrected chi connectivity index (χ0v) is 18.6. The molecule has 0 radical (unpaired) electrons. The van der Waals surface area contributed by atoms with Crippen LogP contribution in [0.25, 0.3) is 38.8 Å². The molecule has 0 saturated carbocycles. The average Bonchev–Trinajstić information content (AvgIpc) is 3.44. The van der Waals surface area contributed by atoms with E-state index in [1.54, 1.807) is 4.80 Å². The van der Waals surface area contributed by atoms with Gasteiger partial charge in [-0.3, -0.25) is 0 Å². The summed E-state index contributed by atoms with van der Waals surface area (Å²) in [5.41, 5.74) is 6.10. The lowest BCUT2D eigenvalue weighted by Gasteiger charge is -2.11. The van der Waals surface area contributed by atoms with Crippen LogP contribution in [0.2, 0.25) is 0 Å². The summed E-state index contributed by atoms with van der Waals surface area (Å²) in [4.78, 5) is 9.62. The van der Waals surface area contributed by atoms with Gasteiger partial charge in [-0.1, -0.05) is 48.2 Å². The Hall–Kier alpha value is -3.98. The first-order valence-electron chi connectivity index (χ1n) is 10.6. The molecule has 162 valence electrons. The Kier molecular flexibility index (Phi) is 4.88. The summed E-state index contributed by atoms with van der Waals surface area (Å²) in [6.45, 7) is 2.52. The maximum atomic E-state index is 5.84. The normalized spacial score (nSPS) is 11.5. The largest absolute Gasteiger partial charge is 0.492 e. The molecule has 0 aliphatic rings. The molecule has 0 aliphatic carbocycles. The summed E-state index contributed by atoms with van der Waals surface area (Å²) in [5, 5.41) is 19.6. The van der Waals surface area contributed by atoms with E-state index in [0.717, 1.165) is 50.1 Å². The van der Waals surface area contributed by atoms with E-state index in [1.807, 2.05) is 73.7 Å². The molecule has 0 spiro atoms. The van der Waals surface area contributed by atoms with Crippen molar-refractivity contribution in [2.45, 2.75) is 17.8 Å². The number of nitrogens with one attached hydrogen (secondary N) is 1. The van der Waals surface area contributed by atoms with E-state index in [1.165, 1.54) is 11.8 Å². The van der Waals surface area contributed by atoms with Gasteiger partial charge in [0.2, 0.25) is 5.16 Å². The SMILES string of the molecule is CCOc1ccc(CSc2nnc3c(n2)[nH]c2ccccc23)cc1-n1nc2ccccc2n1. The van der Waals surface area contributed by atoms with Crippen LogP contribution in [-0.4, -0.2) is 41.8 Å². The van der Waals surface area contributed by atoms with E-state index in [0.29, 0.717) is 17.5 Å². The summed E-state index contributed by atoms with van der Waals surface area (Å²) in [7, 11) is 0. The van der Waals surface area contributed by atoms with Gasteiger partial charge >= 0.3 is 0 Å². The molecule has 33 heavy (non-hydrogen) atoms. The Balaban J connectivity index is 1.30. The molecule has 3 aromatic heterocycles. The lowest BCUT2D eigenvalue weighted by atomic mass is 10.2. The second-order valence-corrected chi connectivity index (χ2v) is 8.41. The lowest BCUT2D eigenvalue weighted by molar-refractivity contribution is 0.337. The molecule has 0 fully saturated rings. The monoisotopic (exact) mass is 453 g/mol. The predicted octanol–water partition coefficient (Wildman–Crippen LogP) is 4.93. The van der Waals surface area contributed by atoms with Crippen molar-refractivity contribution in [1.29, 1.82) is 0 Å². The molecule has 0 atom stereocenters. The topological polar surface area (TPSA) is 94.4 Å². The number of ether oxygens (including phenoxy) is 1. The first kappa shape index (κ1) is 19.7. The number of para-hydroxylation sites is 1. The minimum atomic E-state index is 0.561. The van der Waals surface area contributed by atoms with E-state index < -0.39 is 0 Å². The fraction of sp³-hybridized carbons (Fsp3) is 0.125. The fourth-order valence-electron chi connectivity index (χ4n) is 3.77. The van der Waals surface area contributed by atoms with Gasteiger partial charge in [0.15, 0.2) is 5.65 Å². The van der Waals surface area contributed by atoms with E-state index in [4.69, 9.17) is 4.74 Å². The van der Waals surface area contributed by atoms with Gasteiger partial charge in [-0.2, -0.15) is 0 Å². The van der Waals surface area contributed by atoms with Crippen molar-refractivity contribution in [3.05, 3.63) is 72.3 Å². The predicted molar refractivity (Wildman–Crippen MR) is 129 cm³/mol. The summed E-state index contributed by atoms with van der Waals surface area (Å²) in [6, 6.07) is 21.9. The summed E-state index contributed by atoms with van der Waals surface area (Å²) >= 11 is 1.53. The van der Waals surface area contributed by atoms with Gasteiger partial charge in [0.1, 0.15) is 28.0 Å². The Morgan fingerprint density at radius 3 is 2.55 bits per heavy atom. The van der Waals surface area contributed by atoms with Crippen molar-refractivity contribution >= 4 is 44.9 Å². The number of hydrogen-bond acceptors (Lipinski definition) is 7. The second kappa shape index (κ2) is 8.18. The molecule has 0 unspecified atom stereocenters. The van der Waals surface area contributed by atoms with Gasteiger partial charge in [-0.15, -0.1) is 25.2 Å². The summed E-state index contributed by atoms with van der Waals surface area (Å²) < 4.78 is 5.84. The van der Waals surface area contributed by atoms with Crippen molar-refractivity contribution in [1.82, 2.24) is 35.2 Å². The number of hydrogen-bond donors (Lipinski definition) is 1. The molecule has 8 nitrogen and oxygen atoms in total. The summed E-state index contributed by atoms with van der Waals surface area (Å²) in [5.74, 6) is 1.41. The highest BCUT2D eigenvalue weighted by molar-refractivity contribution is 7.98. The van der Waals surface area contributed by atoms with Crippen molar-refractivity contribution in [2.75, 3.05) is 6.61 Å². The van der Waals surface area contributed by atoms with Crippen LogP contribution in [0.4, 0.5) is 0 Å². The third-order valence-corrected chi connectivity index (χ3v) is 6.20. The molecule has 6 rings (SSSR count). The maximum Gasteiger partial charge on any atom is 0.211 e. The van der Waals surface area contributed by atoms with E-state index >= 15 is 0 Å². The van der Waals surface area contributed by atoms with E-state index in [9.17, 15) is 0 Å². The van der Waals surface area contributed by atoms with Crippen LogP contribution in [0.1, 0.15) is 12.5 Å². The van der Waals surface area contributed by atoms with Crippen molar-refractivity contribution in [3.8, 4) is 11.4 Å². The number of nitrogens with zero attached hydrogens (tertiary/aromatic N) is 6. The third-order valence-electron chi connectivity index (χ3n) is 5.30. The second-order valence-electron chi connectivity index (χ2n) is 7.46. The highest BCUT2D eigenvalue weighted by Crippen LogP contribution is 2.29. The number of aromatic nitrogens is 7. The third kappa shape index (κ3) is 3.66. The van der Waals surface area contributed by atoms with Gasteiger partial charge < -0.3 is 9.72 Å². The zero-order valence-electron chi connectivity index (χ0n) is 17.8. The van der Waals surface area contributed by atoms with Crippen LogP contribution in [0.15, 0.2) is 71.9 Å². The van der Waals surface area contributed by atoms with Crippen LogP contribution in [0, 0.1) is 0 Å². The standard InChI is InChI=1S/C24H19N7OS/c1-2-32-21-12-11-15(13-20(21)31-29-18-9-5-6-10-19(18)30-31)14-33-24-26-23-22(27-28-24)16-7-3-4-8-17(16)25-23/h3-13H,2,14H2,1H3,(H,25,26,28). The molecule has 0 bridgehead atoms. The van der Waals surface area contributed by atoms with Crippen LogP contribution in [0.3, 0.4) is 0 Å². The Morgan fingerprint density at radius 2 is 1.73 bits per heavy atom. The zero-order chi connectivity index (χ0) is 22.2. The van der Waals surface area contributed by atoms with Gasteiger partial charge in [0, 0.05) is 16.7 Å². The van der Waals surface area contributed by atoms with Crippen LogP contribution >= 0.6 is 11.8 Å². The first-order chi connectivity index (χ1) is 16.3. The molecule has 9 heteroatoms. The first-order valence-corrected chi connectivity index (χ1v) is 11.6. The molecule has 0 saturated heterocycles. The highest BCUT2D eigenvalue weighted by Gasteiger charge is 2.13. The number of aromatic amines is 1. The van der Waals surface area contributed by atoms with Gasteiger partial charge in [-0.05, 0) is 42.8 Å². The fourth-order valence-corrected chi connectivity index (χ4v) is 4.50. The summed E-state index contributed by atoms with van der Waals surface area (Å²) in [6.07, 6.45) is 0. The molecule has 6 aromatic rings. The quantitative estimate of drug-likeness (QED) is 0.357. The number of fused-ring (bicyclic) bond motifs is 4. The van der Waals surface area contributed by atoms with Gasteiger partial charge in [0.05, 0.1) is 6.61 Å². The number of benzene rings is 3. The van der Waals surface area contributed by atoms with E-state index in [2.05, 4.69) is 30.4 Å². The average molecular weight is 454 g/mol. The molecular formula is C24H19N7OS. The smallest absolute Gasteiger partial charge is 0.211 e. The Morgan fingerprint density at radius 1 is 0.939 bits per heavy atom. The minimum Gasteiger partial charge on any atom is -0.492 e. The number of thioether (sulfide) groups is 1. The molecular weight excluding hydrogens is 434 g/mol. The highest BCUT2D eigenvalue weighted by atomic mass is 32.2. The Bertz CT molecular complexity index is 1570. The molecule has 3 aromatic carbocycles. The molecule has 0 aliphatic heterocycles. The van der Waals surface area contributed by atoms with Crippen molar-refractivity contribution < 1.29 is 4.74 Å². The van der Waals surface area contributed by atoms with E-state index in [-0.39, 0.29) is 0 Å². The van der Waals surface area contributed by atoms with Crippen LogP contribution in [0.5, 0.6) is 5.75 Å².